The van der Waals surface area contributed by atoms with Gasteiger partial charge in [-0.25, -0.2) is 0 Å². The van der Waals surface area contributed by atoms with E-state index in [9.17, 15) is 0 Å². The molecule has 0 radical (unpaired) electrons. The predicted octanol–water partition coefficient (Wildman–Crippen LogP) is 3.11. The molecule has 0 saturated heterocycles. The average Bonchev–Trinajstić information content (AvgIpc) is 2.18. The van der Waals surface area contributed by atoms with Gasteiger partial charge in [-0.1, -0.05) is 26.0 Å². The van der Waals surface area contributed by atoms with Crippen LogP contribution in [0.15, 0.2) is 29.2 Å². The van der Waals surface area contributed by atoms with E-state index in [0.29, 0.717) is 0 Å². The third-order valence-electron chi connectivity index (χ3n) is 2.13. The first-order valence-electron chi connectivity index (χ1n) is 5.17. The maximum absolute atomic E-state index is 7.27. The topological polar surface area (TPSA) is 49.9 Å². The molecule has 3 heteroatoms. The van der Waals surface area contributed by atoms with Crippen LogP contribution in [0.3, 0.4) is 0 Å². The molecule has 1 aromatic carbocycles. The maximum atomic E-state index is 7.27. The largest absolute Gasteiger partial charge is 0.384 e. The van der Waals surface area contributed by atoms with Crippen LogP contribution in [0.5, 0.6) is 0 Å². The van der Waals surface area contributed by atoms with Gasteiger partial charge in [0.2, 0.25) is 0 Å². The van der Waals surface area contributed by atoms with Gasteiger partial charge in [0.15, 0.2) is 0 Å². The Kier molecular flexibility index (Phi) is 4.69. The van der Waals surface area contributed by atoms with Crippen LogP contribution in [0.1, 0.15) is 25.8 Å². The molecule has 15 heavy (non-hydrogen) atoms. The molecule has 0 aliphatic carbocycles. The van der Waals surface area contributed by atoms with E-state index in [0.717, 1.165) is 17.2 Å². The van der Waals surface area contributed by atoms with Gasteiger partial charge in [-0.05, 0) is 30.2 Å². The summed E-state index contributed by atoms with van der Waals surface area (Å²) >= 11 is 1.86. The van der Waals surface area contributed by atoms with Crippen LogP contribution in [0.2, 0.25) is 0 Å². The first-order valence-corrected chi connectivity index (χ1v) is 6.15. The van der Waals surface area contributed by atoms with Crippen LogP contribution in [0.25, 0.3) is 0 Å². The van der Waals surface area contributed by atoms with E-state index in [1.807, 2.05) is 36.0 Å². The van der Waals surface area contributed by atoms with Crippen LogP contribution in [-0.4, -0.2) is 11.6 Å². The quantitative estimate of drug-likeness (QED) is 0.457. The van der Waals surface area contributed by atoms with Crippen molar-refractivity contribution in [2.75, 3.05) is 5.75 Å². The molecule has 0 amide bonds. The molecule has 82 valence electrons. The summed E-state index contributed by atoms with van der Waals surface area (Å²) in [4.78, 5) is 1.25. The zero-order valence-corrected chi connectivity index (χ0v) is 10.1. The van der Waals surface area contributed by atoms with Crippen molar-refractivity contribution < 1.29 is 0 Å². The van der Waals surface area contributed by atoms with Gasteiger partial charge in [0.1, 0.15) is 5.84 Å². The summed E-state index contributed by atoms with van der Waals surface area (Å²) in [5, 5.41) is 7.27. The maximum Gasteiger partial charge on any atom is 0.122 e. The van der Waals surface area contributed by atoms with Crippen molar-refractivity contribution in [1.29, 1.82) is 5.41 Å². The van der Waals surface area contributed by atoms with Crippen molar-refractivity contribution in [2.45, 2.75) is 25.2 Å². The molecule has 3 N–H and O–H groups in total. The fourth-order valence-corrected chi connectivity index (χ4v) is 2.30. The van der Waals surface area contributed by atoms with Gasteiger partial charge in [-0.15, -0.1) is 11.8 Å². The minimum atomic E-state index is 0.133. The molecule has 1 rings (SSSR count). The number of amidine groups is 1. The molecular formula is C12H18N2S. The molecule has 0 aliphatic rings. The molecule has 0 aromatic heterocycles. The minimum absolute atomic E-state index is 0.133. The van der Waals surface area contributed by atoms with E-state index >= 15 is 0 Å². The average molecular weight is 222 g/mol. The van der Waals surface area contributed by atoms with E-state index in [1.54, 1.807) is 0 Å². The molecule has 0 aliphatic heterocycles. The zero-order chi connectivity index (χ0) is 11.3. The molecule has 0 fully saturated rings. The van der Waals surface area contributed by atoms with Gasteiger partial charge >= 0.3 is 0 Å². The van der Waals surface area contributed by atoms with E-state index in [-0.39, 0.29) is 5.84 Å². The van der Waals surface area contributed by atoms with Gasteiger partial charge in [-0.3, -0.25) is 5.41 Å². The van der Waals surface area contributed by atoms with Gasteiger partial charge in [0, 0.05) is 10.5 Å². The van der Waals surface area contributed by atoms with Crippen LogP contribution in [0.4, 0.5) is 0 Å². The number of benzene rings is 1. The van der Waals surface area contributed by atoms with Crippen LogP contribution in [-0.2, 0) is 0 Å². The standard InChI is InChI=1S/C12H18N2S/c1-9(2)7-8-15-11-5-3-10(4-6-11)12(13)14/h3-6,9H,7-8H2,1-2H3,(H3,13,14). The Morgan fingerprint density at radius 1 is 1.33 bits per heavy atom. The summed E-state index contributed by atoms with van der Waals surface area (Å²) in [6.07, 6.45) is 1.24. The number of rotatable bonds is 5. The summed E-state index contributed by atoms with van der Waals surface area (Å²) in [6.45, 7) is 4.47. The number of hydrogen-bond acceptors (Lipinski definition) is 2. The SMILES string of the molecule is CC(C)CCSc1ccc(C(=N)N)cc1. The second kappa shape index (κ2) is 5.81. The van der Waals surface area contributed by atoms with Crippen LogP contribution >= 0.6 is 11.8 Å². The Hall–Kier alpha value is -0.960. The molecular weight excluding hydrogens is 204 g/mol. The predicted molar refractivity (Wildman–Crippen MR) is 67.6 cm³/mol. The zero-order valence-electron chi connectivity index (χ0n) is 9.29. The van der Waals surface area contributed by atoms with Crippen molar-refractivity contribution in [3.8, 4) is 0 Å². The third kappa shape index (κ3) is 4.38. The van der Waals surface area contributed by atoms with Crippen molar-refractivity contribution in [2.24, 2.45) is 11.7 Å². The highest BCUT2D eigenvalue weighted by Gasteiger charge is 1.98. The highest BCUT2D eigenvalue weighted by Crippen LogP contribution is 2.20. The fourth-order valence-electron chi connectivity index (χ4n) is 1.14. The normalized spacial score (nSPS) is 10.6. The van der Waals surface area contributed by atoms with E-state index in [1.165, 1.54) is 11.3 Å². The lowest BCUT2D eigenvalue weighted by molar-refractivity contribution is 0.632. The molecule has 0 spiro atoms. The summed E-state index contributed by atoms with van der Waals surface area (Å²) in [7, 11) is 0. The highest BCUT2D eigenvalue weighted by molar-refractivity contribution is 7.99. The molecule has 0 bridgehead atoms. The van der Waals surface area contributed by atoms with E-state index in [2.05, 4.69) is 13.8 Å². The van der Waals surface area contributed by atoms with Gasteiger partial charge in [0.05, 0.1) is 0 Å². The van der Waals surface area contributed by atoms with Crippen LogP contribution in [0, 0.1) is 11.3 Å². The van der Waals surface area contributed by atoms with Gasteiger partial charge < -0.3 is 5.73 Å². The highest BCUT2D eigenvalue weighted by atomic mass is 32.2. The lowest BCUT2D eigenvalue weighted by atomic mass is 10.2. The van der Waals surface area contributed by atoms with Crippen LogP contribution < -0.4 is 5.73 Å². The minimum Gasteiger partial charge on any atom is -0.384 e. The lowest BCUT2D eigenvalue weighted by Crippen LogP contribution is -2.10. The number of thioether (sulfide) groups is 1. The molecule has 0 atom stereocenters. The molecule has 1 aromatic rings. The van der Waals surface area contributed by atoms with Gasteiger partial charge in [0.25, 0.3) is 0 Å². The summed E-state index contributed by atoms with van der Waals surface area (Å²) in [5.74, 6) is 2.04. The first kappa shape index (κ1) is 12.1. The molecule has 0 heterocycles. The second-order valence-corrected chi connectivity index (χ2v) is 5.14. The Morgan fingerprint density at radius 3 is 2.40 bits per heavy atom. The Morgan fingerprint density at radius 2 is 1.93 bits per heavy atom. The van der Waals surface area contributed by atoms with Gasteiger partial charge in [-0.2, -0.15) is 0 Å². The monoisotopic (exact) mass is 222 g/mol. The third-order valence-corrected chi connectivity index (χ3v) is 3.17. The number of nitrogens with two attached hydrogens (primary N) is 1. The molecule has 2 nitrogen and oxygen atoms in total. The Balaban J connectivity index is 2.46. The Bertz CT molecular complexity index is 317. The Labute approximate surface area is 95.8 Å². The fraction of sp³-hybridized carbons (Fsp3) is 0.417. The van der Waals surface area contributed by atoms with E-state index in [4.69, 9.17) is 11.1 Å². The summed E-state index contributed by atoms with van der Waals surface area (Å²) < 4.78 is 0. The first-order chi connectivity index (χ1) is 7.09. The number of nitrogen functional groups attached to an aromatic ring is 1. The number of nitrogens with one attached hydrogen (secondary N) is 1. The summed E-state index contributed by atoms with van der Waals surface area (Å²) in [6, 6.07) is 7.86. The smallest absolute Gasteiger partial charge is 0.122 e. The van der Waals surface area contributed by atoms with Crippen molar-refractivity contribution in [3.05, 3.63) is 29.8 Å². The van der Waals surface area contributed by atoms with Crippen molar-refractivity contribution in [1.82, 2.24) is 0 Å². The van der Waals surface area contributed by atoms with E-state index < -0.39 is 0 Å². The number of hydrogen-bond donors (Lipinski definition) is 2. The lowest BCUT2D eigenvalue weighted by Gasteiger charge is -2.05. The van der Waals surface area contributed by atoms with Crippen molar-refractivity contribution in [3.63, 3.8) is 0 Å². The summed E-state index contributed by atoms with van der Waals surface area (Å²) in [5.41, 5.74) is 6.17. The van der Waals surface area contributed by atoms with Crippen molar-refractivity contribution >= 4 is 17.6 Å². The molecule has 0 saturated carbocycles. The second-order valence-electron chi connectivity index (χ2n) is 3.97. The molecule has 0 unspecified atom stereocenters.